The van der Waals surface area contributed by atoms with Gasteiger partial charge >= 0.3 is 0 Å². The van der Waals surface area contributed by atoms with E-state index in [4.69, 9.17) is 23.2 Å². The maximum absolute atomic E-state index is 6.16. The highest BCUT2D eigenvalue weighted by molar-refractivity contribution is 6.36. The first-order valence-corrected chi connectivity index (χ1v) is 5.58. The summed E-state index contributed by atoms with van der Waals surface area (Å²) in [5.74, 6) is 0.293. The lowest BCUT2D eigenvalue weighted by Crippen LogP contribution is -2.29. The molecule has 1 aromatic rings. The molecule has 0 aromatic heterocycles. The van der Waals surface area contributed by atoms with Gasteiger partial charge in [0, 0.05) is 36.1 Å². The van der Waals surface area contributed by atoms with E-state index in [1.54, 1.807) is 0 Å². The number of nitrogens with zero attached hydrogens (tertiary/aromatic N) is 2. The van der Waals surface area contributed by atoms with Crippen LogP contribution in [0.25, 0.3) is 0 Å². The first-order valence-electron chi connectivity index (χ1n) is 4.82. The Morgan fingerprint density at radius 1 is 1.33 bits per heavy atom. The summed E-state index contributed by atoms with van der Waals surface area (Å²) < 4.78 is 0. The summed E-state index contributed by atoms with van der Waals surface area (Å²) in [4.78, 5) is 6.33. The molecule has 1 aromatic carbocycles. The summed E-state index contributed by atoms with van der Waals surface area (Å²) >= 11 is 12.3. The molecule has 1 aliphatic rings. The van der Waals surface area contributed by atoms with Crippen LogP contribution in [-0.2, 0) is 0 Å². The summed E-state index contributed by atoms with van der Waals surface area (Å²) in [5, 5.41) is 1.47. The number of rotatable bonds is 1. The molecule has 0 saturated heterocycles. The summed E-state index contributed by atoms with van der Waals surface area (Å²) in [5.41, 5.74) is 1.02. The van der Waals surface area contributed by atoms with Gasteiger partial charge in [-0.25, -0.2) is 0 Å². The second-order valence-electron chi connectivity index (χ2n) is 3.75. The number of hydrogen-bond donors (Lipinski definition) is 0. The minimum absolute atomic E-state index is 0.293. The highest BCUT2D eigenvalue weighted by Gasteiger charge is 2.20. The maximum atomic E-state index is 6.16. The Morgan fingerprint density at radius 2 is 2.00 bits per heavy atom. The zero-order valence-corrected chi connectivity index (χ0v) is 9.96. The third-order valence-corrected chi connectivity index (χ3v) is 3.18. The van der Waals surface area contributed by atoms with Crippen molar-refractivity contribution in [3.05, 3.63) is 33.8 Å². The van der Waals surface area contributed by atoms with E-state index in [9.17, 15) is 0 Å². The van der Waals surface area contributed by atoms with E-state index in [-0.39, 0.29) is 0 Å². The number of hydrogen-bond acceptors (Lipinski definition) is 2. The normalized spacial score (nSPS) is 20.7. The predicted molar refractivity (Wildman–Crippen MR) is 65.2 cm³/mol. The molecule has 0 N–H and O–H groups in total. The highest BCUT2D eigenvalue weighted by atomic mass is 35.5. The minimum Gasteiger partial charge on any atom is -0.365 e. The van der Waals surface area contributed by atoms with Crippen LogP contribution in [0.4, 0.5) is 0 Å². The molecule has 1 unspecified atom stereocenters. The van der Waals surface area contributed by atoms with Gasteiger partial charge in [0.25, 0.3) is 0 Å². The van der Waals surface area contributed by atoms with Gasteiger partial charge in [-0.3, -0.25) is 4.99 Å². The molecule has 0 aliphatic carbocycles. The van der Waals surface area contributed by atoms with Crippen molar-refractivity contribution in [3.8, 4) is 0 Å². The van der Waals surface area contributed by atoms with E-state index in [0.717, 1.165) is 28.7 Å². The van der Waals surface area contributed by atoms with Crippen molar-refractivity contribution in [1.82, 2.24) is 4.90 Å². The van der Waals surface area contributed by atoms with E-state index in [1.165, 1.54) is 0 Å². The van der Waals surface area contributed by atoms with Crippen molar-refractivity contribution in [2.75, 3.05) is 20.1 Å². The van der Waals surface area contributed by atoms with Crippen molar-refractivity contribution in [2.24, 2.45) is 4.99 Å². The maximum Gasteiger partial charge on any atom is 0.0847 e. The molecule has 1 heterocycles. The molecule has 80 valence electrons. The molecule has 0 radical (unpaired) electrons. The van der Waals surface area contributed by atoms with Crippen LogP contribution in [0, 0.1) is 0 Å². The van der Waals surface area contributed by atoms with E-state index >= 15 is 0 Å². The monoisotopic (exact) mass is 242 g/mol. The molecule has 2 rings (SSSR count). The Morgan fingerprint density at radius 3 is 2.60 bits per heavy atom. The molecule has 0 saturated carbocycles. The van der Waals surface area contributed by atoms with Crippen LogP contribution in [-0.4, -0.2) is 31.4 Å². The van der Waals surface area contributed by atoms with Crippen molar-refractivity contribution >= 4 is 29.5 Å². The molecule has 0 fully saturated rings. The lowest BCUT2D eigenvalue weighted by Gasteiger charge is -2.26. The number of likely N-dealkylation sites (N-methyl/N-ethyl adjacent to an activating group) is 1. The Hall–Kier alpha value is -0.730. The predicted octanol–water partition coefficient (Wildman–Crippen LogP) is 3.05. The highest BCUT2D eigenvalue weighted by Crippen LogP contribution is 2.32. The van der Waals surface area contributed by atoms with Gasteiger partial charge in [-0.05, 0) is 17.7 Å². The summed E-state index contributed by atoms with van der Waals surface area (Å²) in [6, 6.07) is 5.62. The SMILES string of the molecule is CN1C=NCC(c2c(Cl)cccc2Cl)C1. The molecule has 15 heavy (non-hydrogen) atoms. The second kappa shape index (κ2) is 4.42. The van der Waals surface area contributed by atoms with Gasteiger partial charge < -0.3 is 4.90 Å². The summed E-state index contributed by atoms with van der Waals surface area (Å²) in [6.45, 7) is 1.67. The smallest absolute Gasteiger partial charge is 0.0847 e. The van der Waals surface area contributed by atoms with Gasteiger partial charge in [-0.2, -0.15) is 0 Å². The van der Waals surface area contributed by atoms with Crippen LogP contribution < -0.4 is 0 Å². The fourth-order valence-electron chi connectivity index (χ4n) is 1.85. The van der Waals surface area contributed by atoms with Gasteiger partial charge in [0.2, 0.25) is 0 Å². The van der Waals surface area contributed by atoms with Crippen LogP contribution in [0.2, 0.25) is 10.0 Å². The van der Waals surface area contributed by atoms with Crippen molar-refractivity contribution in [1.29, 1.82) is 0 Å². The Balaban J connectivity index is 2.33. The lowest BCUT2D eigenvalue weighted by atomic mass is 9.98. The van der Waals surface area contributed by atoms with Crippen LogP contribution in [0.5, 0.6) is 0 Å². The zero-order chi connectivity index (χ0) is 10.8. The van der Waals surface area contributed by atoms with Crippen LogP contribution in [0.15, 0.2) is 23.2 Å². The largest absolute Gasteiger partial charge is 0.365 e. The van der Waals surface area contributed by atoms with Gasteiger partial charge in [0.15, 0.2) is 0 Å². The molecule has 2 nitrogen and oxygen atoms in total. The standard InChI is InChI=1S/C11H12Cl2N2/c1-15-6-8(5-14-7-15)11-9(12)3-2-4-10(11)13/h2-4,7-8H,5-6H2,1H3. The lowest BCUT2D eigenvalue weighted by molar-refractivity contribution is 0.440. The summed E-state index contributed by atoms with van der Waals surface area (Å²) in [6.07, 6.45) is 1.85. The van der Waals surface area contributed by atoms with E-state index < -0.39 is 0 Å². The minimum atomic E-state index is 0.293. The third kappa shape index (κ3) is 2.27. The van der Waals surface area contributed by atoms with Gasteiger partial charge in [0.05, 0.1) is 6.34 Å². The van der Waals surface area contributed by atoms with Crippen molar-refractivity contribution < 1.29 is 0 Å². The first kappa shape index (κ1) is 10.8. The van der Waals surface area contributed by atoms with Crippen molar-refractivity contribution in [3.63, 3.8) is 0 Å². The Labute approximate surface area is 99.5 Å². The average Bonchev–Trinajstić information content (AvgIpc) is 2.17. The van der Waals surface area contributed by atoms with Crippen LogP contribution in [0.3, 0.4) is 0 Å². The topological polar surface area (TPSA) is 15.6 Å². The molecule has 4 heteroatoms. The first-order chi connectivity index (χ1) is 7.18. The molecular formula is C11H12Cl2N2. The number of aliphatic imine (C=N–C) groups is 1. The fourth-order valence-corrected chi connectivity index (χ4v) is 2.56. The Bertz CT molecular complexity index is 370. The molecule has 1 aliphatic heterocycles. The number of halogens is 2. The van der Waals surface area contributed by atoms with Gasteiger partial charge in [-0.15, -0.1) is 0 Å². The zero-order valence-electron chi connectivity index (χ0n) is 8.45. The van der Waals surface area contributed by atoms with Crippen LogP contribution >= 0.6 is 23.2 Å². The molecular weight excluding hydrogens is 231 g/mol. The summed E-state index contributed by atoms with van der Waals surface area (Å²) in [7, 11) is 2.00. The third-order valence-electron chi connectivity index (χ3n) is 2.52. The fraction of sp³-hybridized carbons (Fsp3) is 0.364. The van der Waals surface area contributed by atoms with Gasteiger partial charge in [-0.1, -0.05) is 29.3 Å². The average molecular weight is 243 g/mol. The Kier molecular flexibility index (Phi) is 3.17. The molecule has 0 spiro atoms. The quantitative estimate of drug-likeness (QED) is 0.740. The van der Waals surface area contributed by atoms with Gasteiger partial charge in [0.1, 0.15) is 0 Å². The van der Waals surface area contributed by atoms with Crippen LogP contribution in [0.1, 0.15) is 11.5 Å². The van der Waals surface area contributed by atoms with E-state index in [2.05, 4.69) is 4.99 Å². The number of benzene rings is 1. The molecule has 0 amide bonds. The molecule has 0 bridgehead atoms. The van der Waals surface area contributed by atoms with E-state index in [1.807, 2.05) is 36.5 Å². The van der Waals surface area contributed by atoms with E-state index in [0.29, 0.717) is 5.92 Å². The molecule has 1 atom stereocenters. The second-order valence-corrected chi connectivity index (χ2v) is 4.57. The van der Waals surface area contributed by atoms with Crippen molar-refractivity contribution in [2.45, 2.75) is 5.92 Å².